The molecule has 2 aromatic rings. The number of hydrogen-bond donors (Lipinski definition) is 2. The van der Waals surface area contributed by atoms with E-state index in [0.29, 0.717) is 19.6 Å². The van der Waals surface area contributed by atoms with Crippen molar-refractivity contribution in [1.82, 2.24) is 10.4 Å². The van der Waals surface area contributed by atoms with Gasteiger partial charge in [0.25, 0.3) is 0 Å². The van der Waals surface area contributed by atoms with Gasteiger partial charge in [-0.05, 0) is 49.2 Å². The Labute approximate surface area is 181 Å². The SMILES string of the molecule is C#CCN1CCC(CC(=O)NO)(S(=O)(=O)c2ccc(Sc3ccccc3)cc2)CC1. The van der Waals surface area contributed by atoms with E-state index in [1.807, 2.05) is 35.2 Å². The molecule has 6 nitrogen and oxygen atoms in total. The lowest BCUT2D eigenvalue weighted by molar-refractivity contribution is -0.130. The number of sulfone groups is 1. The minimum atomic E-state index is -3.82. The molecule has 0 bridgehead atoms. The number of hydroxylamine groups is 1. The Hall–Kier alpha value is -2.31. The molecule has 0 saturated carbocycles. The first kappa shape index (κ1) is 22.4. The van der Waals surface area contributed by atoms with Crippen LogP contribution in [0.1, 0.15) is 19.3 Å². The van der Waals surface area contributed by atoms with Crippen molar-refractivity contribution in [3.8, 4) is 12.3 Å². The molecule has 0 atom stereocenters. The molecule has 0 radical (unpaired) electrons. The second kappa shape index (κ2) is 9.67. The number of nitrogens with one attached hydrogen (secondary N) is 1. The van der Waals surface area contributed by atoms with Crippen molar-refractivity contribution < 1.29 is 18.4 Å². The predicted octanol–water partition coefficient (Wildman–Crippen LogP) is 2.97. The van der Waals surface area contributed by atoms with E-state index in [-0.39, 0.29) is 24.2 Å². The largest absolute Gasteiger partial charge is 0.292 e. The number of carbonyl (C=O) groups excluding carboxylic acids is 1. The Morgan fingerprint density at radius 3 is 2.27 bits per heavy atom. The molecule has 1 saturated heterocycles. The number of piperidine rings is 1. The highest BCUT2D eigenvalue weighted by molar-refractivity contribution is 7.99. The summed E-state index contributed by atoms with van der Waals surface area (Å²) >= 11 is 1.54. The topological polar surface area (TPSA) is 86.7 Å². The summed E-state index contributed by atoms with van der Waals surface area (Å²) in [5.74, 6) is 1.86. The molecule has 1 aliphatic heterocycles. The Morgan fingerprint density at radius 1 is 1.10 bits per heavy atom. The molecule has 30 heavy (non-hydrogen) atoms. The summed E-state index contributed by atoms with van der Waals surface area (Å²) in [7, 11) is -3.82. The van der Waals surface area contributed by atoms with Crippen molar-refractivity contribution in [3.63, 3.8) is 0 Å². The van der Waals surface area contributed by atoms with Crippen LogP contribution in [0.4, 0.5) is 0 Å². The molecule has 0 spiro atoms. The summed E-state index contributed by atoms with van der Waals surface area (Å²) in [5.41, 5.74) is 1.58. The quantitative estimate of drug-likeness (QED) is 0.388. The standard InChI is InChI=1S/C22H24N2O4S2/c1-2-14-24-15-12-22(13-16-24,17-21(25)23-26)30(27,28)20-10-8-19(9-11-20)29-18-6-4-3-5-7-18/h1,3-11,26H,12-17H2,(H,23,25). The molecule has 158 valence electrons. The third-order valence-corrected chi connectivity index (χ3v) is 8.97. The van der Waals surface area contributed by atoms with E-state index in [9.17, 15) is 13.2 Å². The van der Waals surface area contributed by atoms with Crippen LogP contribution in [0.3, 0.4) is 0 Å². The van der Waals surface area contributed by atoms with Gasteiger partial charge >= 0.3 is 0 Å². The van der Waals surface area contributed by atoms with Gasteiger partial charge in [-0.15, -0.1) is 6.42 Å². The van der Waals surface area contributed by atoms with E-state index < -0.39 is 20.5 Å². The van der Waals surface area contributed by atoms with E-state index in [1.165, 1.54) is 0 Å². The van der Waals surface area contributed by atoms with Gasteiger partial charge in [0.1, 0.15) is 0 Å². The zero-order valence-electron chi connectivity index (χ0n) is 16.5. The lowest BCUT2D eigenvalue weighted by atomic mass is 9.92. The third-order valence-electron chi connectivity index (χ3n) is 5.37. The number of likely N-dealkylation sites (tertiary alicyclic amines) is 1. The maximum atomic E-state index is 13.6. The average Bonchev–Trinajstić information content (AvgIpc) is 2.76. The normalized spacial score (nSPS) is 16.5. The van der Waals surface area contributed by atoms with E-state index in [1.54, 1.807) is 41.5 Å². The molecule has 1 amide bonds. The van der Waals surface area contributed by atoms with E-state index >= 15 is 0 Å². The van der Waals surface area contributed by atoms with Gasteiger partial charge in [-0.3, -0.25) is 14.9 Å². The van der Waals surface area contributed by atoms with Crippen molar-refractivity contribution in [3.05, 3.63) is 54.6 Å². The van der Waals surface area contributed by atoms with Crippen LogP contribution in [0.25, 0.3) is 0 Å². The van der Waals surface area contributed by atoms with Crippen molar-refractivity contribution in [1.29, 1.82) is 0 Å². The van der Waals surface area contributed by atoms with Crippen molar-refractivity contribution in [2.45, 2.75) is 38.7 Å². The minimum absolute atomic E-state index is 0.177. The molecule has 8 heteroatoms. The lowest BCUT2D eigenvalue weighted by Crippen LogP contribution is -2.51. The summed E-state index contributed by atoms with van der Waals surface area (Å²) in [4.78, 5) is 16.1. The zero-order valence-corrected chi connectivity index (χ0v) is 18.1. The van der Waals surface area contributed by atoms with Crippen molar-refractivity contribution >= 4 is 27.5 Å². The van der Waals surface area contributed by atoms with Crippen molar-refractivity contribution in [2.75, 3.05) is 19.6 Å². The molecular weight excluding hydrogens is 420 g/mol. The molecule has 1 aliphatic rings. The first-order valence-electron chi connectivity index (χ1n) is 9.56. The predicted molar refractivity (Wildman–Crippen MR) is 116 cm³/mol. The average molecular weight is 445 g/mol. The maximum Gasteiger partial charge on any atom is 0.244 e. The Balaban J connectivity index is 1.85. The van der Waals surface area contributed by atoms with Gasteiger partial charge in [0.15, 0.2) is 9.84 Å². The molecule has 3 rings (SSSR count). The van der Waals surface area contributed by atoms with Crippen LogP contribution in [-0.4, -0.2) is 48.8 Å². The van der Waals surface area contributed by atoms with Gasteiger partial charge in [-0.25, -0.2) is 13.9 Å². The molecule has 1 heterocycles. The molecule has 1 fully saturated rings. The van der Waals surface area contributed by atoms with Crippen LogP contribution in [0.15, 0.2) is 69.3 Å². The van der Waals surface area contributed by atoms with Crippen LogP contribution >= 0.6 is 11.8 Å². The lowest BCUT2D eigenvalue weighted by Gasteiger charge is -2.40. The molecule has 0 aromatic heterocycles. The van der Waals surface area contributed by atoms with Crippen LogP contribution in [0.5, 0.6) is 0 Å². The minimum Gasteiger partial charge on any atom is -0.292 e. The fourth-order valence-electron chi connectivity index (χ4n) is 3.68. The first-order chi connectivity index (χ1) is 14.4. The van der Waals surface area contributed by atoms with Gasteiger partial charge < -0.3 is 0 Å². The number of amides is 1. The Bertz CT molecular complexity index is 1010. The molecule has 0 aliphatic carbocycles. The highest BCUT2D eigenvalue weighted by atomic mass is 32.2. The van der Waals surface area contributed by atoms with Gasteiger partial charge in [-0.1, -0.05) is 35.9 Å². The summed E-state index contributed by atoms with van der Waals surface area (Å²) in [6, 6.07) is 16.5. The maximum absolute atomic E-state index is 13.6. The van der Waals surface area contributed by atoms with Crippen molar-refractivity contribution in [2.24, 2.45) is 0 Å². The number of nitrogens with zero attached hydrogens (tertiary/aromatic N) is 1. The summed E-state index contributed by atoms with van der Waals surface area (Å²) in [6.45, 7) is 1.39. The molecular formula is C22H24N2O4S2. The van der Waals surface area contributed by atoms with Gasteiger partial charge in [-0.2, -0.15) is 0 Å². The smallest absolute Gasteiger partial charge is 0.244 e. The van der Waals surface area contributed by atoms with Crippen LogP contribution in [0.2, 0.25) is 0 Å². The second-order valence-corrected chi connectivity index (χ2v) is 10.8. The number of benzene rings is 2. The molecule has 0 unspecified atom stereocenters. The van der Waals surface area contributed by atoms with Gasteiger partial charge in [0, 0.05) is 29.3 Å². The fourth-order valence-corrected chi connectivity index (χ4v) is 6.55. The molecule has 2 aromatic carbocycles. The monoisotopic (exact) mass is 444 g/mol. The molecule has 2 N–H and O–H groups in total. The zero-order chi connectivity index (χ0) is 21.6. The van der Waals surface area contributed by atoms with E-state index in [0.717, 1.165) is 9.79 Å². The number of carbonyl (C=O) groups is 1. The van der Waals surface area contributed by atoms with E-state index in [2.05, 4.69) is 5.92 Å². The van der Waals surface area contributed by atoms with Crippen LogP contribution < -0.4 is 5.48 Å². The first-order valence-corrected chi connectivity index (χ1v) is 11.9. The highest BCUT2D eigenvalue weighted by Crippen LogP contribution is 2.39. The number of terminal acetylenes is 1. The van der Waals surface area contributed by atoms with E-state index in [4.69, 9.17) is 11.6 Å². The van der Waals surface area contributed by atoms with Crippen LogP contribution in [0, 0.1) is 12.3 Å². The summed E-state index contributed by atoms with van der Waals surface area (Å²) in [5, 5.41) is 8.99. The Kier molecular flexibility index (Phi) is 7.21. The van der Waals surface area contributed by atoms with Gasteiger partial charge in [0.05, 0.1) is 16.2 Å². The third kappa shape index (κ3) is 4.87. The fraction of sp³-hybridized carbons (Fsp3) is 0.318. The van der Waals surface area contributed by atoms with Gasteiger partial charge in [0.2, 0.25) is 5.91 Å². The van der Waals surface area contributed by atoms with Crippen LogP contribution in [-0.2, 0) is 14.6 Å². The summed E-state index contributed by atoms with van der Waals surface area (Å²) in [6.07, 6.45) is 5.61. The highest BCUT2D eigenvalue weighted by Gasteiger charge is 2.48. The second-order valence-electron chi connectivity index (χ2n) is 7.26. The number of hydrogen-bond acceptors (Lipinski definition) is 6. The Morgan fingerprint density at radius 2 is 1.70 bits per heavy atom. The summed E-state index contributed by atoms with van der Waals surface area (Å²) < 4.78 is 25.9. The number of rotatable bonds is 7.